The Bertz CT molecular complexity index is 655. The van der Waals surface area contributed by atoms with Gasteiger partial charge < -0.3 is 14.5 Å². The third kappa shape index (κ3) is 3.40. The molecular formula is C20H25N3O. The van der Waals surface area contributed by atoms with Crippen molar-refractivity contribution in [2.24, 2.45) is 0 Å². The van der Waals surface area contributed by atoms with Gasteiger partial charge in [-0.2, -0.15) is 0 Å². The lowest BCUT2D eigenvalue weighted by Gasteiger charge is -2.29. The quantitative estimate of drug-likeness (QED) is 0.842. The predicted molar refractivity (Wildman–Crippen MR) is 98.5 cm³/mol. The van der Waals surface area contributed by atoms with Crippen LogP contribution in [0.1, 0.15) is 5.56 Å². The fourth-order valence-electron chi connectivity index (χ4n) is 3.57. The lowest BCUT2D eigenvalue weighted by atomic mass is 10.2. The van der Waals surface area contributed by atoms with E-state index in [4.69, 9.17) is 4.74 Å². The van der Waals surface area contributed by atoms with Gasteiger partial charge in [-0.05, 0) is 17.7 Å². The zero-order valence-corrected chi connectivity index (χ0v) is 14.1. The lowest BCUT2D eigenvalue weighted by molar-refractivity contribution is 0.0392. The molecule has 0 bridgehead atoms. The molecule has 0 unspecified atom stereocenters. The van der Waals surface area contributed by atoms with Gasteiger partial charge in [0, 0.05) is 32.7 Å². The van der Waals surface area contributed by atoms with E-state index in [9.17, 15) is 0 Å². The molecule has 0 aliphatic carbocycles. The fraction of sp³-hybridized carbons (Fsp3) is 0.400. The maximum atomic E-state index is 5.45. The molecule has 0 radical (unpaired) electrons. The molecule has 0 atom stereocenters. The van der Waals surface area contributed by atoms with Crippen molar-refractivity contribution in [3.05, 3.63) is 60.2 Å². The van der Waals surface area contributed by atoms with Gasteiger partial charge in [0.2, 0.25) is 0 Å². The van der Waals surface area contributed by atoms with E-state index >= 15 is 0 Å². The van der Waals surface area contributed by atoms with Crippen molar-refractivity contribution in [3.8, 4) is 0 Å². The van der Waals surface area contributed by atoms with Gasteiger partial charge in [0.15, 0.2) is 0 Å². The van der Waals surface area contributed by atoms with Gasteiger partial charge in [0.05, 0.1) is 31.3 Å². The largest absolute Gasteiger partial charge is 0.379 e. The first-order chi connectivity index (χ1) is 11.9. The summed E-state index contributed by atoms with van der Waals surface area (Å²) >= 11 is 0. The number of hydrogen-bond acceptors (Lipinski definition) is 4. The molecule has 24 heavy (non-hydrogen) atoms. The van der Waals surface area contributed by atoms with E-state index in [1.165, 1.54) is 16.9 Å². The number of ether oxygens (including phenoxy) is 1. The van der Waals surface area contributed by atoms with Crippen LogP contribution in [0.25, 0.3) is 0 Å². The average molecular weight is 323 g/mol. The van der Waals surface area contributed by atoms with Crippen LogP contribution in [-0.2, 0) is 11.3 Å². The van der Waals surface area contributed by atoms with Crippen molar-refractivity contribution in [1.29, 1.82) is 0 Å². The van der Waals surface area contributed by atoms with Crippen LogP contribution in [0.3, 0.4) is 0 Å². The molecule has 2 aromatic rings. The van der Waals surface area contributed by atoms with Crippen LogP contribution in [0, 0.1) is 0 Å². The van der Waals surface area contributed by atoms with Gasteiger partial charge in [0.1, 0.15) is 0 Å². The standard InChI is InChI=1S/C20H25N3O/c1-2-6-18(7-3-1)16-23-17-22(19-8-4-5-9-20(19)23)11-10-21-12-14-24-15-13-21/h1-9H,10-17H2. The first-order valence-corrected chi connectivity index (χ1v) is 8.83. The van der Waals surface area contributed by atoms with Gasteiger partial charge in [-0.3, -0.25) is 4.90 Å². The molecule has 2 aromatic carbocycles. The number of benzene rings is 2. The van der Waals surface area contributed by atoms with E-state index in [0.29, 0.717) is 0 Å². The Morgan fingerprint density at radius 2 is 1.42 bits per heavy atom. The Balaban J connectivity index is 1.44. The van der Waals surface area contributed by atoms with E-state index in [2.05, 4.69) is 69.3 Å². The van der Waals surface area contributed by atoms with Gasteiger partial charge in [-0.25, -0.2) is 0 Å². The van der Waals surface area contributed by atoms with Crippen LogP contribution in [0.4, 0.5) is 11.4 Å². The Morgan fingerprint density at radius 3 is 2.17 bits per heavy atom. The number of para-hydroxylation sites is 2. The molecule has 0 aromatic heterocycles. The second-order valence-corrected chi connectivity index (χ2v) is 6.53. The van der Waals surface area contributed by atoms with E-state index in [1.807, 2.05) is 0 Å². The van der Waals surface area contributed by atoms with E-state index < -0.39 is 0 Å². The molecule has 4 nitrogen and oxygen atoms in total. The van der Waals surface area contributed by atoms with E-state index in [-0.39, 0.29) is 0 Å². The summed E-state index contributed by atoms with van der Waals surface area (Å²) in [6, 6.07) is 19.5. The molecule has 2 heterocycles. The van der Waals surface area contributed by atoms with Crippen molar-refractivity contribution in [2.45, 2.75) is 6.54 Å². The highest BCUT2D eigenvalue weighted by atomic mass is 16.5. The van der Waals surface area contributed by atoms with Crippen LogP contribution in [0.5, 0.6) is 0 Å². The van der Waals surface area contributed by atoms with E-state index in [1.54, 1.807) is 0 Å². The summed E-state index contributed by atoms with van der Waals surface area (Å²) in [5, 5.41) is 0. The number of nitrogens with zero attached hydrogens (tertiary/aromatic N) is 3. The summed E-state index contributed by atoms with van der Waals surface area (Å²) in [6.45, 7) is 7.98. The summed E-state index contributed by atoms with van der Waals surface area (Å²) in [6.07, 6.45) is 0. The molecule has 2 aliphatic heterocycles. The highest BCUT2D eigenvalue weighted by molar-refractivity contribution is 5.76. The van der Waals surface area contributed by atoms with Crippen molar-refractivity contribution < 1.29 is 4.74 Å². The first kappa shape index (κ1) is 15.5. The summed E-state index contributed by atoms with van der Waals surface area (Å²) in [4.78, 5) is 7.49. The average Bonchev–Trinajstić information content (AvgIpc) is 3.00. The van der Waals surface area contributed by atoms with Gasteiger partial charge in [-0.15, -0.1) is 0 Å². The lowest BCUT2D eigenvalue weighted by Crippen LogP contribution is -2.42. The second kappa shape index (κ2) is 7.24. The molecule has 1 fully saturated rings. The summed E-state index contributed by atoms with van der Waals surface area (Å²) < 4.78 is 5.45. The Kier molecular flexibility index (Phi) is 4.67. The van der Waals surface area contributed by atoms with Crippen LogP contribution in [-0.4, -0.2) is 51.0 Å². The van der Waals surface area contributed by atoms with Crippen molar-refractivity contribution in [3.63, 3.8) is 0 Å². The topological polar surface area (TPSA) is 19.0 Å². The number of anilines is 2. The number of fused-ring (bicyclic) bond motifs is 1. The minimum atomic E-state index is 0.872. The molecule has 0 saturated carbocycles. The zero-order chi connectivity index (χ0) is 16.2. The summed E-state index contributed by atoms with van der Waals surface area (Å²) in [7, 11) is 0. The molecule has 1 saturated heterocycles. The fourth-order valence-corrected chi connectivity index (χ4v) is 3.57. The maximum absolute atomic E-state index is 5.45. The normalized spacial score (nSPS) is 18.0. The number of hydrogen-bond donors (Lipinski definition) is 0. The van der Waals surface area contributed by atoms with Crippen LogP contribution >= 0.6 is 0 Å². The Hall–Kier alpha value is -2.04. The van der Waals surface area contributed by atoms with Crippen LogP contribution < -0.4 is 9.80 Å². The molecule has 0 amide bonds. The van der Waals surface area contributed by atoms with Gasteiger partial charge >= 0.3 is 0 Å². The predicted octanol–water partition coefficient (Wildman–Crippen LogP) is 2.80. The third-order valence-corrected chi connectivity index (χ3v) is 4.91. The number of rotatable bonds is 5. The molecule has 4 heteroatoms. The summed E-state index contributed by atoms with van der Waals surface area (Å²) in [5.74, 6) is 0. The van der Waals surface area contributed by atoms with Crippen LogP contribution in [0.2, 0.25) is 0 Å². The van der Waals surface area contributed by atoms with Gasteiger partial charge in [-0.1, -0.05) is 42.5 Å². The van der Waals surface area contributed by atoms with Crippen molar-refractivity contribution >= 4 is 11.4 Å². The van der Waals surface area contributed by atoms with Crippen molar-refractivity contribution in [2.75, 3.05) is 55.9 Å². The van der Waals surface area contributed by atoms with E-state index in [0.717, 1.165) is 52.6 Å². The zero-order valence-electron chi connectivity index (χ0n) is 14.1. The second-order valence-electron chi connectivity index (χ2n) is 6.53. The monoisotopic (exact) mass is 323 g/mol. The van der Waals surface area contributed by atoms with Crippen molar-refractivity contribution in [1.82, 2.24) is 4.90 Å². The Labute approximate surface area is 144 Å². The molecule has 2 aliphatic rings. The minimum absolute atomic E-state index is 0.872. The van der Waals surface area contributed by atoms with Gasteiger partial charge in [0.25, 0.3) is 0 Å². The SMILES string of the molecule is c1ccc(CN2CN(CCN3CCOCC3)c3ccccc32)cc1. The van der Waals surface area contributed by atoms with Crippen LogP contribution in [0.15, 0.2) is 54.6 Å². The molecule has 0 N–H and O–H groups in total. The molecule has 4 rings (SSSR count). The Morgan fingerprint density at radius 1 is 0.750 bits per heavy atom. The molecule has 0 spiro atoms. The molecule has 126 valence electrons. The summed E-state index contributed by atoms with van der Waals surface area (Å²) in [5.41, 5.74) is 4.08. The first-order valence-electron chi connectivity index (χ1n) is 8.83. The number of morpholine rings is 1. The molecular weight excluding hydrogens is 298 g/mol. The smallest absolute Gasteiger partial charge is 0.0908 e. The highest BCUT2D eigenvalue weighted by Gasteiger charge is 2.25. The minimum Gasteiger partial charge on any atom is -0.379 e. The highest BCUT2D eigenvalue weighted by Crippen LogP contribution is 2.36. The maximum Gasteiger partial charge on any atom is 0.0908 e. The third-order valence-electron chi connectivity index (χ3n) is 4.91.